The Hall–Kier alpha value is -1.63. The van der Waals surface area contributed by atoms with E-state index in [1.54, 1.807) is 23.5 Å². The second-order valence-electron chi connectivity index (χ2n) is 3.76. The van der Waals surface area contributed by atoms with Gasteiger partial charge in [-0.25, -0.2) is 10.8 Å². The largest absolute Gasteiger partial charge is 0.350 e. The van der Waals surface area contributed by atoms with Gasteiger partial charge in [-0.3, -0.25) is 4.79 Å². The number of hydrogen-bond donors (Lipinski definition) is 3. The van der Waals surface area contributed by atoms with Gasteiger partial charge in [0.05, 0.1) is 5.02 Å². The number of thiophene rings is 1. The highest BCUT2D eigenvalue weighted by Gasteiger charge is 2.12. The van der Waals surface area contributed by atoms with Crippen molar-refractivity contribution in [3.05, 3.63) is 45.2 Å². The maximum atomic E-state index is 11.9. The minimum atomic E-state index is -0.307. The molecule has 0 aliphatic rings. The highest BCUT2D eigenvalue weighted by molar-refractivity contribution is 7.09. The van der Waals surface area contributed by atoms with Crippen LogP contribution in [-0.4, -0.2) is 17.4 Å². The lowest BCUT2D eigenvalue weighted by molar-refractivity contribution is 0.0949. The Morgan fingerprint density at radius 1 is 1.42 bits per heavy atom. The number of nitrogens with one attached hydrogen (secondary N) is 2. The third-order valence-electron chi connectivity index (χ3n) is 2.45. The number of nitrogen functional groups attached to an aromatic ring is 1. The summed E-state index contributed by atoms with van der Waals surface area (Å²) in [6.07, 6.45) is 0.788. The molecule has 0 unspecified atom stereocenters. The first kappa shape index (κ1) is 13.8. The van der Waals surface area contributed by atoms with E-state index in [-0.39, 0.29) is 11.6 Å². The van der Waals surface area contributed by atoms with E-state index in [9.17, 15) is 4.79 Å². The van der Waals surface area contributed by atoms with Crippen molar-refractivity contribution in [3.8, 4) is 0 Å². The van der Waals surface area contributed by atoms with E-state index in [0.717, 1.165) is 6.42 Å². The molecule has 7 heteroatoms. The van der Waals surface area contributed by atoms with Crippen molar-refractivity contribution in [1.82, 2.24) is 10.3 Å². The number of hydrogen-bond acceptors (Lipinski definition) is 5. The van der Waals surface area contributed by atoms with Gasteiger partial charge in [-0.1, -0.05) is 17.7 Å². The molecule has 0 saturated heterocycles. The van der Waals surface area contributed by atoms with E-state index < -0.39 is 0 Å². The normalized spacial score (nSPS) is 10.2. The third-order valence-corrected chi connectivity index (χ3v) is 3.69. The molecule has 0 spiro atoms. The Balaban J connectivity index is 1.95. The van der Waals surface area contributed by atoms with E-state index in [0.29, 0.717) is 17.4 Å². The Labute approximate surface area is 119 Å². The maximum Gasteiger partial charge on any atom is 0.271 e. The predicted octanol–water partition coefficient (Wildman–Crippen LogP) is 2.05. The van der Waals surface area contributed by atoms with Gasteiger partial charge in [0, 0.05) is 11.4 Å². The van der Waals surface area contributed by atoms with Crippen LogP contribution in [0, 0.1) is 0 Å². The Morgan fingerprint density at radius 2 is 2.26 bits per heavy atom. The van der Waals surface area contributed by atoms with Crippen LogP contribution in [0.4, 0.5) is 5.82 Å². The molecule has 19 heavy (non-hydrogen) atoms. The first-order valence-electron chi connectivity index (χ1n) is 5.64. The van der Waals surface area contributed by atoms with Gasteiger partial charge in [-0.15, -0.1) is 11.3 Å². The number of carbonyl (C=O) groups excluding carboxylic acids is 1. The van der Waals surface area contributed by atoms with Crippen LogP contribution in [0.3, 0.4) is 0 Å². The van der Waals surface area contributed by atoms with Crippen LogP contribution in [0.25, 0.3) is 0 Å². The van der Waals surface area contributed by atoms with Crippen LogP contribution >= 0.6 is 22.9 Å². The lowest BCUT2D eigenvalue weighted by Gasteiger charge is -2.07. The number of aromatic nitrogens is 1. The smallest absolute Gasteiger partial charge is 0.271 e. The average molecular weight is 297 g/mol. The lowest BCUT2D eigenvalue weighted by atomic mass is 10.3. The van der Waals surface area contributed by atoms with Gasteiger partial charge in [0.15, 0.2) is 0 Å². The van der Waals surface area contributed by atoms with Crippen molar-refractivity contribution in [2.45, 2.75) is 6.42 Å². The number of hydrazine groups is 1. The SMILES string of the molecule is NNc1ccc(Cl)c(C(=O)NCCc2cccs2)n1. The molecule has 1 amide bonds. The van der Waals surface area contributed by atoms with E-state index >= 15 is 0 Å². The summed E-state index contributed by atoms with van der Waals surface area (Å²) in [5.74, 6) is 5.34. The van der Waals surface area contributed by atoms with Gasteiger partial charge in [-0.2, -0.15) is 0 Å². The van der Waals surface area contributed by atoms with Crippen LogP contribution in [0.15, 0.2) is 29.6 Å². The highest BCUT2D eigenvalue weighted by atomic mass is 35.5. The number of carbonyl (C=O) groups is 1. The van der Waals surface area contributed by atoms with E-state index in [1.165, 1.54) is 4.88 Å². The quantitative estimate of drug-likeness (QED) is 0.583. The Kier molecular flexibility index (Phi) is 4.73. The standard InChI is InChI=1S/C12H13ClN4OS/c13-9-3-4-10(17-14)16-11(9)12(18)15-6-5-8-2-1-7-19-8/h1-4,7H,5-6,14H2,(H,15,18)(H,16,17). The molecule has 2 rings (SSSR count). The van der Waals surface area contributed by atoms with Crippen molar-refractivity contribution in [1.29, 1.82) is 0 Å². The molecule has 2 aromatic rings. The number of amides is 1. The molecule has 0 radical (unpaired) electrons. The van der Waals surface area contributed by atoms with Crippen molar-refractivity contribution >= 4 is 34.7 Å². The van der Waals surface area contributed by atoms with Gasteiger partial charge in [0.25, 0.3) is 5.91 Å². The zero-order valence-corrected chi connectivity index (χ0v) is 11.6. The Bertz CT molecular complexity index is 559. The topological polar surface area (TPSA) is 80.0 Å². The first-order valence-corrected chi connectivity index (χ1v) is 6.90. The van der Waals surface area contributed by atoms with Gasteiger partial charge in [-0.05, 0) is 30.0 Å². The van der Waals surface area contributed by atoms with Gasteiger partial charge >= 0.3 is 0 Å². The van der Waals surface area contributed by atoms with E-state index in [4.69, 9.17) is 17.4 Å². The number of anilines is 1. The molecule has 2 heterocycles. The van der Waals surface area contributed by atoms with Crippen LogP contribution < -0.4 is 16.6 Å². The van der Waals surface area contributed by atoms with Crippen LogP contribution in [0.2, 0.25) is 5.02 Å². The second kappa shape index (κ2) is 6.51. The number of nitrogens with two attached hydrogens (primary N) is 1. The summed E-state index contributed by atoms with van der Waals surface area (Å²) in [5, 5.41) is 5.09. The third kappa shape index (κ3) is 3.66. The molecule has 0 bridgehead atoms. The number of pyridine rings is 1. The molecule has 0 fully saturated rings. The fourth-order valence-corrected chi connectivity index (χ4v) is 2.42. The molecule has 0 atom stereocenters. The molecule has 5 nitrogen and oxygen atoms in total. The minimum absolute atomic E-state index is 0.170. The van der Waals surface area contributed by atoms with Crippen molar-refractivity contribution in [3.63, 3.8) is 0 Å². The van der Waals surface area contributed by atoms with E-state index in [2.05, 4.69) is 15.7 Å². The molecule has 4 N–H and O–H groups in total. The van der Waals surface area contributed by atoms with Gasteiger partial charge < -0.3 is 10.7 Å². The van der Waals surface area contributed by atoms with Crippen molar-refractivity contribution in [2.75, 3.05) is 12.0 Å². The predicted molar refractivity (Wildman–Crippen MR) is 77.4 cm³/mol. The van der Waals surface area contributed by atoms with Crippen molar-refractivity contribution in [2.24, 2.45) is 5.84 Å². The maximum absolute atomic E-state index is 11.9. The lowest BCUT2D eigenvalue weighted by Crippen LogP contribution is -2.27. The fraction of sp³-hybridized carbons (Fsp3) is 0.167. The number of rotatable bonds is 5. The van der Waals surface area contributed by atoms with Gasteiger partial charge in [0.2, 0.25) is 0 Å². The number of halogens is 1. The summed E-state index contributed by atoms with van der Waals surface area (Å²) < 4.78 is 0. The molecule has 0 aliphatic heterocycles. The fourth-order valence-electron chi connectivity index (χ4n) is 1.52. The second-order valence-corrected chi connectivity index (χ2v) is 5.20. The molecule has 0 aromatic carbocycles. The van der Waals surface area contributed by atoms with Crippen LogP contribution in [0.1, 0.15) is 15.4 Å². The molecular formula is C12H13ClN4OS. The molecular weight excluding hydrogens is 284 g/mol. The summed E-state index contributed by atoms with van der Waals surface area (Å²) in [5.41, 5.74) is 2.55. The molecule has 100 valence electrons. The zero-order chi connectivity index (χ0) is 13.7. The summed E-state index contributed by atoms with van der Waals surface area (Å²) in [6.45, 7) is 0.539. The van der Waals surface area contributed by atoms with Crippen LogP contribution in [0.5, 0.6) is 0 Å². The van der Waals surface area contributed by atoms with E-state index in [1.807, 2.05) is 17.5 Å². The molecule has 0 aliphatic carbocycles. The Morgan fingerprint density at radius 3 is 2.95 bits per heavy atom. The summed E-state index contributed by atoms with van der Waals surface area (Å²) >= 11 is 7.60. The summed E-state index contributed by atoms with van der Waals surface area (Å²) in [6, 6.07) is 7.19. The summed E-state index contributed by atoms with van der Waals surface area (Å²) in [4.78, 5) is 17.2. The highest BCUT2D eigenvalue weighted by Crippen LogP contribution is 2.16. The van der Waals surface area contributed by atoms with Gasteiger partial charge in [0.1, 0.15) is 11.5 Å². The number of nitrogens with zero attached hydrogens (tertiary/aromatic N) is 1. The summed E-state index contributed by atoms with van der Waals surface area (Å²) in [7, 11) is 0. The van der Waals surface area contributed by atoms with Crippen LogP contribution in [-0.2, 0) is 6.42 Å². The average Bonchev–Trinajstić information content (AvgIpc) is 2.92. The molecule has 2 aromatic heterocycles. The zero-order valence-electron chi connectivity index (χ0n) is 10.0. The monoisotopic (exact) mass is 296 g/mol. The minimum Gasteiger partial charge on any atom is -0.350 e. The molecule has 0 saturated carbocycles. The van der Waals surface area contributed by atoms with Crippen molar-refractivity contribution < 1.29 is 4.79 Å². The first-order chi connectivity index (χ1) is 9.20.